The van der Waals surface area contributed by atoms with Crippen LogP contribution in [0.2, 0.25) is 0 Å². The zero-order chi connectivity index (χ0) is 24.0. The van der Waals surface area contributed by atoms with Crippen molar-refractivity contribution in [2.24, 2.45) is 5.41 Å². The topological polar surface area (TPSA) is 83.8 Å². The molecule has 1 aliphatic heterocycles. The first-order chi connectivity index (χ1) is 15.5. The summed E-state index contributed by atoms with van der Waals surface area (Å²) in [5.41, 5.74) is -0.121. The Hall–Kier alpha value is -2.85. The van der Waals surface area contributed by atoms with Gasteiger partial charge in [-0.25, -0.2) is 26.4 Å². The predicted octanol–water partition coefficient (Wildman–Crippen LogP) is 3.88. The van der Waals surface area contributed by atoms with Crippen LogP contribution in [0, 0.1) is 17.0 Å². The van der Waals surface area contributed by atoms with Crippen LogP contribution in [0.1, 0.15) is 55.6 Å². The molecule has 2 atom stereocenters. The lowest BCUT2D eigenvalue weighted by Crippen LogP contribution is -2.54. The van der Waals surface area contributed by atoms with Gasteiger partial charge < -0.3 is 0 Å². The van der Waals surface area contributed by atoms with Crippen LogP contribution < -0.4 is 4.72 Å². The monoisotopic (exact) mass is 476 g/mol. The molecule has 1 amide bonds. The number of sulfonamides is 1. The van der Waals surface area contributed by atoms with E-state index in [2.05, 4.69) is 9.82 Å². The van der Waals surface area contributed by atoms with E-state index in [1.165, 1.54) is 10.7 Å². The van der Waals surface area contributed by atoms with Gasteiger partial charge in [0.2, 0.25) is 0 Å². The Bertz CT molecular complexity index is 1300. The fourth-order valence-electron chi connectivity index (χ4n) is 4.66. The lowest BCUT2D eigenvalue weighted by Gasteiger charge is -2.40. The minimum atomic E-state index is -4.25. The molecule has 1 saturated heterocycles. The van der Waals surface area contributed by atoms with E-state index in [-0.39, 0.29) is 11.1 Å². The molecule has 0 aliphatic carbocycles. The van der Waals surface area contributed by atoms with Crippen molar-refractivity contribution in [2.45, 2.75) is 45.0 Å². The summed E-state index contributed by atoms with van der Waals surface area (Å²) in [6.45, 7) is 5.60. The normalized spacial score (nSPS) is 18.5. The minimum Gasteiger partial charge on any atom is -0.278 e. The molecule has 0 spiro atoms. The largest absolute Gasteiger partial charge is 0.278 e. The Kier molecular flexibility index (Phi) is 6.00. The summed E-state index contributed by atoms with van der Waals surface area (Å²) in [4.78, 5) is 14.6. The number of hydrogen-bond acceptors (Lipinski definition) is 5. The molecule has 0 unspecified atom stereocenters. The second-order valence-corrected chi connectivity index (χ2v) is 11.1. The number of carbonyl (C=O) groups excluding carboxylic acids is 1. The first kappa shape index (κ1) is 23.3. The number of carbonyl (C=O) groups is 1. The Balaban J connectivity index is 1.69. The molecule has 33 heavy (non-hydrogen) atoms. The number of aromatic nitrogens is 2. The first-order valence-corrected chi connectivity index (χ1v) is 12.2. The average Bonchev–Trinajstić information content (AvgIpc) is 3.35. The third kappa shape index (κ3) is 4.49. The van der Waals surface area contributed by atoms with Gasteiger partial charge in [0.1, 0.15) is 17.0 Å². The van der Waals surface area contributed by atoms with Crippen LogP contribution in [-0.4, -0.2) is 40.8 Å². The summed E-state index contributed by atoms with van der Waals surface area (Å²) in [5.74, 6) is -1.97. The van der Waals surface area contributed by atoms with Crippen LogP contribution in [-0.2, 0) is 10.0 Å². The summed E-state index contributed by atoms with van der Waals surface area (Å²) in [7, 11) is -4.25. The molecule has 1 aromatic carbocycles. The van der Waals surface area contributed by atoms with E-state index in [9.17, 15) is 22.0 Å². The highest BCUT2D eigenvalue weighted by atomic mass is 32.2. The zero-order valence-corrected chi connectivity index (χ0v) is 19.4. The predicted molar refractivity (Wildman–Crippen MR) is 120 cm³/mol. The van der Waals surface area contributed by atoms with Gasteiger partial charge in [0, 0.05) is 24.3 Å². The van der Waals surface area contributed by atoms with Crippen molar-refractivity contribution in [3.63, 3.8) is 0 Å². The summed E-state index contributed by atoms with van der Waals surface area (Å²) < 4.78 is 59.3. The van der Waals surface area contributed by atoms with Crippen molar-refractivity contribution in [2.75, 3.05) is 6.54 Å². The van der Waals surface area contributed by atoms with Crippen molar-refractivity contribution < 1.29 is 22.0 Å². The molecule has 1 N–H and O–H groups in total. The van der Waals surface area contributed by atoms with E-state index >= 15 is 0 Å². The van der Waals surface area contributed by atoms with Gasteiger partial charge in [-0.1, -0.05) is 26.8 Å². The van der Waals surface area contributed by atoms with Gasteiger partial charge in [-0.05, 0) is 48.6 Å². The summed E-state index contributed by atoms with van der Waals surface area (Å²) in [6.07, 6.45) is 4.06. The van der Waals surface area contributed by atoms with Crippen molar-refractivity contribution in [3.05, 3.63) is 71.6 Å². The van der Waals surface area contributed by atoms with E-state index in [1.807, 2.05) is 0 Å². The number of hydrogen-bond donors (Lipinski definition) is 1. The quantitative estimate of drug-likeness (QED) is 0.604. The highest BCUT2D eigenvalue weighted by molar-refractivity contribution is 7.90. The highest BCUT2D eigenvalue weighted by Crippen LogP contribution is 2.41. The molecule has 3 aromatic rings. The fourth-order valence-corrected chi connectivity index (χ4v) is 6.68. The summed E-state index contributed by atoms with van der Waals surface area (Å²) in [5, 5.41) is 2.92. The molecule has 1 aliphatic rings. The second-order valence-electron chi connectivity index (χ2n) is 9.34. The third-order valence-corrected chi connectivity index (χ3v) is 7.89. The molecule has 0 saturated carbocycles. The molecule has 4 rings (SSSR count). The van der Waals surface area contributed by atoms with Crippen LogP contribution in [0.15, 0.2) is 48.8 Å². The van der Waals surface area contributed by atoms with Crippen molar-refractivity contribution in [3.8, 4) is 0 Å². The summed E-state index contributed by atoms with van der Waals surface area (Å²) in [6, 6.07) is 7.70. The van der Waals surface area contributed by atoms with Crippen LogP contribution in [0.25, 0.3) is 5.52 Å². The zero-order valence-electron chi connectivity index (χ0n) is 18.6. The molecule has 7 nitrogen and oxygen atoms in total. The Morgan fingerprint density at radius 3 is 2.70 bits per heavy atom. The maximum Gasteiger partial charge on any atom is 0.268 e. The Morgan fingerprint density at radius 1 is 1.21 bits per heavy atom. The molecule has 10 heteroatoms. The maximum atomic E-state index is 14.6. The van der Waals surface area contributed by atoms with Crippen LogP contribution in [0.4, 0.5) is 8.78 Å². The average molecular weight is 477 g/mol. The van der Waals surface area contributed by atoms with Gasteiger partial charge in [-0.2, -0.15) is 5.10 Å². The summed E-state index contributed by atoms with van der Waals surface area (Å²) >= 11 is 0. The van der Waals surface area contributed by atoms with Gasteiger partial charge in [-0.15, -0.1) is 0 Å². The van der Waals surface area contributed by atoms with Crippen molar-refractivity contribution in [1.82, 2.24) is 19.2 Å². The molecular weight excluding hydrogens is 450 g/mol. The number of halogens is 2. The van der Waals surface area contributed by atoms with Crippen LogP contribution >= 0.6 is 0 Å². The molecule has 1 fully saturated rings. The van der Waals surface area contributed by atoms with E-state index in [4.69, 9.17) is 0 Å². The molecule has 3 heterocycles. The molecular formula is C23H26F2N4O3S. The van der Waals surface area contributed by atoms with E-state index in [0.29, 0.717) is 24.9 Å². The van der Waals surface area contributed by atoms with E-state index in [1.54, 1.807) is 50.1 Å². The standard InChI is InChI=1S/C23H26F2N4O3S/c1-23(2,3)22(28-11-6-8-19(28)16-13-15(24)9-10-18(16)25)33(31,32)27-21(30)17-14-26-29-12-5-4-7-20(17)29/h4-5,7,9-10,12-14,19,22H,6,8,11H2,1-3H3,(H,27,30)/t19-,22-/m1/s1. The van der Waals surface area contributed by atoms with Crippen LogP contribution in [0.3, 0.4) is 0 Å². The number of amides is 1. The van der Waals surface area contributed by atoms with Crippen molar-refractivity contribution >= 4 is 21.4 Å². The van der Waals surface area contributed by atoms with Gasteiger partial charge in [-0.3, -0.25) is 9.69 Å². The minimum absolute atomic E-state index is 0.117. The molecule has 176 valence electrons. The third-order valence-electron chi connectivity index (χ3n) is 5.85. The lowest BCUT2D eigenvalue weighted by molar-refractivity contribution is 0.0975. The van der Waals surface area contributed by atoms with Crippen LogP contribution in [0.5, 0.6) is 0 Å². The Labute approximate surface area is 191 Å². The van der Waals surface area contributed by atoms with Gasteiger partial charge in [0.05, 0.1) is 17.3 Å². The molecule has 2 aromatic heterocycles. The molecule has 0 bridgehead atoms. The lowest BCUT2D eigenvalue weighted by atomic mass is 9.94. The second kappa shape index (κ2) is 8.49. The van der Waals surface area contributed by atoms with E-state index in [0.717, 1.165) is 18.2 Å². The number of likely N-dealkylation sites (tertiary alicyclic amines) is 1. The Morgan fingerprint density at radius 2 is 1.97 bits per heavy atom. The first-order valence-electron chi connectivity index (χ1n) is 10.7. The van der Waals surface area contributed by atoms with Gasteiger partial charge in [0.15, 0.2) is 0 Å². The number of fused-ring (bicyclic) bond motifs is 1. The number of nitrogens with one attached hydrogen (secondary N) is 1. The maximum absolute atomic E-state index is 14.6. The SMILES string of the molecule is CC(C)(C)[C@H](N1CCC[C@@H]1c1cc(F)ccc1F)S(=O)(=O)NC(=O)c1cnn2ccccc12. The number of nitrogens with zero attached hydrogens (tertiary/aromatic N) is 3. The molecule has 0 radical (unpaired) electrons. The number of rotatable bonds is 5. The number of pyridine rings is 1. The van der Waals surface area contributed by atoms with Gasteiger partial charge >= 0.3 is 0 Å². The smallest absolute Gasteiger partial charge is 0.268 e. The highest BCUT2D eigenvalue weighted by Gasteiger charge is 2.47. The van der Waals surface area contributed by atoms with Crippen molar-refractivity contribution in [1.29, 1.82) is 0 Å². The van der Waals surface area contributed by atoms with E-state index < -0.39 is 44.4 Å². The number of benzene rings is 1. The van der Waals surface area contributed by atoms with Gasteiger partial charge in [0.25, 0.3) is 15.9 Å². The fraction of sp³-hybridized carbons (Fsp3) is 0.391.